The van der Waals surface area contributed by atoms with Crippen LogP contribution in [0.4, 0.5) is 0 Å². The lowest BCUT2D eigenvalue weighted by Crippen LogP contribution is -2.16. The van der Waals surface area contributed by atoms with E-state index in [0.29, 0.717) is 0 Å². The highest BCUT2D eigenvalue weighted by atomic mass is 14.9. The van der Waals surface area contributed by atoms with Gasteiger partial charge in [-0.2, -0.15) is 0 Å². The molecule has 9 aromatic rings. The van der Waals surface area contributed by atoms with Gasteiger partial charge in [-0.1, -0.05) is 133 Å². The number of aliphatic imine (C=N–C) groups is 1. The maximum absolute atomic E-state index is 5.20. The first-order valence-corrected chi connectivity index (χ1v) is 17.9. The van der Waals surface area contributed by atoms with Gasteiger partial charge < -0.3 is 0 Å². The summed E-state index contributed by atoms with van der Waals surface area (Å²) in [5.41, 5.74) is 10.2. The molecular weight excluding hydrogens is 631 g/mol. The number of nitrogens with zero attached hydrogens (tertiary/aromatic N) is 3. The van der Waals surface area contributed by atoms with E-state index in [1.807, 2.05) is 18.5 Å². The van der Waals surface area contributed by atoms with Gasteiger partial charge >= 0.3 is 0 Å². The Morgan fingerprint density at radius 1 is 0.500 bits per heavy atom. The predicted octanol–water partition coefficient (Wildman–Crippen LogP) is 12.6. The number of rotatable bonds is 3. The molecule has 52 heavy (non-hydrogen) atoms. The Bertz CT molecular complexity index is 3010. The summed E-state index contributed by atoms with van der Waals surface area (Å²) < 4.78 is 0. The largest absolute Gasteiger partial charge is 0.282 e. The molecule has 11 rings (SSSR count). The zero-order chi connectivity index (χ0) is 34.2. The molecule has 242 valence electrons. The van der Waals surface area contributed by atoms with Crippen LogP contribution in [0.15, 0.2) is 169 Å². The van der Waals surface area contributed by atoms with Crippen LogP contribution in [0.1, 0.15) is 17.3 Å². The summed E-state index contributed by atoms with van der Waals surface area (Å²) in [4.78, 5) is 14.7. The summed E-state index contributed by atoms with van der Waals surface area (Å²) in [6.07, 6.45) is 12.5. The number of dihydropyridines is 1. The summed E-state index contributed by atoms with van der Waals surface area (Å²) in [6.45, 7) is 0. The Morgan fingerprint density at radius 2 is 1.19 bits per heavy atom. The van der Waals surface area contributed by atoms with Gasteiger partial charge in [0.25, 0.3) is 0 Å². The van der Waals surface area contributed by atoms with Gasteiger partial charge in [-0.25, -0.2) is 4.98 Å². The lowest BCUT2D eigenvalue weighted by atomic mass is 9.84. The van der Waals surface area contributed by atoms with E-state index in [2.05, 4.69) is 158 Å². The highest BCUT2D eigenvalue weighted by Crippen LogP contribution is 2.42. The quantitative estimate of drug-likeness (QED) is 0.177. The molecule has 0 spiro atoms. The van der Waals surface area contributed by atoms with Crippen molar-refractivity contribution in [2.45, 2.75) is 6.04 Å². The highest BCUT2D eigenvalue weighted by Gasteiger charge is 2.28. The van der Waals surface area contributed by atoms with Crippen molar-refractivity contribution in [3.05, 3.63) is 175 Å². The summed E-state index contributed by atoms with van der Waals surface area (Å²) in [5.74, 6) is 0.272. The average molecular weight is 662 g/mol. The number of hydrogen-bond acceptors (Lipinski definition) is 3. The minimum atomic E-state index is 0.0516. The molecule has 3 nitrogen and oxygen atoms in total. The lowest BCUT2D eigenvalue weighted by molar-refractivity contribution is 0.594. The van der Waals surface area contributed by atoms with Crippen molar-refractivity contribution in [1.29, 1.82) is 0 Å². The van der Waals surface area contributed by atoms with Gasteiger partial charge in [0.1, 0.15) is 6.04 Å². The molecule has 1 aliphatic heterocycles. The third kappa shape index (κ3) is 4.49. The molecule has 3 heterocycles. The number of benzene rings is 7. The van der Waals surface area contributed by atoms with Crippen molar-refractivity contribution >= 4 is 66.3 Å². The van der Waals surface area contributed by atoms with Crippen LogP contribution in [0.5, 0.6) is 0 Å². The molecule has 0 N–H and O–H groups in total. The molecule has 0 amide bonds. The monoisotopic (exact) mass is 661 g/mol. The van der Waals surface area contributed by atoms with Crippen molar-refractivity contribution in [1.82, 2.24) is 9.97 Å². The number of hydrogen-bond donors (Lipinski definition) is 0. The van der Waals surface area contributed by atoms with Crippen LogP contribution < -0.4 is 0 Å². The third-order valence-corrected chi connectivity index (χ3v) is 11.0. The number of para-hydroxylation sites is 1. The molecule has 0 bridgehead atoms. The van der Waals surface area contributed by atoms with Gasteiger partial charge in [0.15, 0.2) is 0 Å². The summed E-state index contributed by atoms with van der Waals surface area (Å²) in [7, 11) is 0. The third-order valence-electron chi connectivity index (χ3n) is 11.0. The summed E-state index contributed by atoms with van der Waals surface area (Å²) in [5, 5.41) is 11.1. The van der Waals surface area contributed by atoms with Crippen molar-refractivity contribution < 1.29 is 0 Å². The molecule has 0 radical (unpaired) electrons. The van der Waals surface area contributed by atoms with Crippen molar-refractivity contribution in [2.24, 2.45) is 10.9 Å². The van der Waals surface area contributed by atoms with Crippen LogP contribution in [0.25, 0.3) is 93.6 Å². The molecular formula is C49H31N3. The van der Waals surface area contributed by atoms with Gasteiger partial charge in [0.05, 0.1) is 16.9 Å². The van der Waals surface area contributed by atoms with Gasteiger partial charge in [-0.15, -0.1) is 0 Å². The zero-order valence-electron chi connectivity index (χ0n) is 28.2. The first-order valence-electron chi connectivity index (χ1n) is 17.9. The Hall–Kier alpha value is -6.71. The van der Waals surface area contributed by atoms with E-state index in [-0.39, 0.29) is 12.0 Å². The molecule has 0 saturated heterocycles. The highest BCUT2D eigenvalue weighted by molar-refractivity contribution is 6.22. The van der Waals surface area contributed by atoms with Crippen molar-refractivity contribution in [3.8, 4) is 33.5 Å². The fraction of sp³-hybridized carbons (Fsp3) is 0.0408. The average Bonchev–Trinajstić information content (AvgIpc) is 3.22. The second kappa shape index (κ2) is 11.4. The number of fused-ring (bicyclic) bond motifs is 11. The topological polar surface area (TPSA) is 38.1 Å². The Balaban J connectivity index is 0.951. The van der Waals surface area contributed by atoms with Crippen LogP contribution in [-0.2, 0) is 0 Å². The molecule has 3 heteroatoms. The number of aromatic nitrogens is 2. The van der Waals surface area contributed by atoms with Gasteiger partial charge in [0, 0.05) is 45.6 Å². The number of allylic oxidation sites excluding steroid dienone is 1. The van der Waals surface area contributed by atoms with Crippen LogP contribution in [-0.4, -0.2) is 16.2 Å². The van der Waals surface area contributed by atoms with Crippen molar-refractivity contribution in [3.63, 3.8) is 0 Å². The molecule has 0 fully saturated rings. The molecule has 0 saturated carbocycles. The number of pyridine rings is 2. The van der Waals surface area contributed by atoms with E-state index in [4.69, 9.17) is 15.0 Å². The van der Waals surface area contributed by atoms with E-state index in [0.717, 1.165) is 22.5 Å². The van der Waals surface area contributed by atoms with Crippen LogP contribution in [0.3, 0.4) is 0 Å². The SMILES string of the molecule is C1=CC2C=Cc3c(-c4ccc5c(ccc6cc(-c7ccc(-c8nc9ccccc9c9c8ccc8ccccc89)cc7)ccc65)c4)ccnc3C2N=C1. The van der Waals surface area contributed by atoms with Crippen molar-refractivity contribution in [2.75, 3.05) is 0 Å². The minimum Gasteiger partial charge on any atom is -0.282 e. The lowest BCUT2D eigenvalue weighted by Gasteiger charge is -2.26. The standard InChI is InChI=1S/C49H31N3/c1-2-8-41-31(6-1)17-24-44-46(41)43-9-3-4-10-45(43)52-47(44)33-13-11-30(12-14-33)34-19-21-38-35(28-34)15-16-36-29-37(20-22-39(36)38)40-25-27-51-49-42(40)23-18-32-7-5-26-50-48(32)49/h1-29,32,48H. The zero-order valence-corrected chi connectivity index (χ0v) is 28.2. The van der Waals surface area contributed by atoms with Gasteiger partial charge in [0.2, 0.25) is 0 Å². The van der Waals surface area contributed by atoms with E-state index in [1.165, 1.54) is 76.3 Å². The molecule has 7 aromatic carbocycles. The van der Waals surface area contributed by atoms with E-state index < -0.39 is 0 Å². The molecule has 1 aliphatic carbocycles. The predicted molar refractivity (Wildman–Crippen MR) is 219 cm³/mol. The first-order chi connectivity index (χ1) is 25.8. The fourth-order valence-electron chi connectivity index (χ4n) is 8.49. The second-order valence-corrected chi connectivity index (χ2v) is 13.9. The second-order valence-electron chi connectivity index (χ2n) is 13.9. The van der Waals surface area contributed by atoms with E-state index in [1.54, 1.807) is 0 Å². The molecule has 2 unspecified atom stereocenters. The smallest absolute Gasteiger partial charge is 0.102 e. The summed E-state index contributed by atoms with van der Waals surface area (Å²) >= 11 is 0. The molecule has 2 aromatic heterocycles. The molecule has 2 atom stereocenters. The van der Waals surface area contributed by atoms with Crippen LogP contribution >= 0.6 is 0 Å². The van der Waals surface area contributed by atoms with Crippen LogP contribution in [0, 0.1) is 5.92 Å². The van der Waals surface area contributed by atoms with Gasteiger partial charge in [-0.3, -0.25) is 9.98 Å². The Kier molecular flexibility index (Phi) is 6.38. The fourth-order valence-corrected chi connectivity index (χ4v) is 8.49. The summed E-state index contributed by atoms with van der Waals surface area (Å²) in [6, 6.07) is 50.8. The first kappa shape index (κ1) is 29.1. The Morgan fingerprint density at radius 3 is 2.06 bits per heavy atom. The van der Waals surface area contributed by atoms with E-state index in [9.17, 15) is 0 Å². The molecule has 2 aliphatic rings. The van der Waals surface area contributed by atoms with Gasteiger partial charge in [-0.05, 0) is 84.9 Å². The maximum Gasteiger partial charge on any atom is 0.102 e. The normalized spacial score (nSPS) is 16.2. The maximum atomic E-state index is 5.20. The van der Waals surface area contributed by atoms with Crippen LogP contribution in [0.2, 0.25) is 0 Å². The van der Waals surface area contributed by atoms with E-state index >= 15 is 0 Å². The Labute approximate surface area is 301 Å². The minimum absolute atomic E-state index is 0.0516.